The Morgan fingerprint density at radius 3 is 2.83 bits per heavy atom. The van der Waals surface area contributed by atoms with E-state index in [9.17, 15) is 0 Å². The van der Waals surface area contributed by atoms with E-state index >= 15 is 0 Å². The minimum absolute atomic E-state index is 0.748. The van der Waals surface area contributed by atoms with Crippen LogP contribution in [0.1, 0.15) is 20.3 Å². The van der Waals surface area contributed by atoms with Crippen molar-refractivity contribution in [1.29, 1.82) is 0 Å². The van der Waals surface area contributed by atoms with Gasteiger partial charge < -0.3 is 5.32 Å². The van der Waals surface area contributed by atoms with E-state index in [0.717, 1.165) is 18.3 Å². The lowest BCUT2D eigenvalue weighted by Gasteiger charge is -2.08. The van der Waals surface area contributed by atoms with Crippen LogP contribution >= 0.6 is 23.4 Å². The number of nitrogens with one attached hydrogen (secondary N) is 1. The molecular weight excluding hydrogens is 190 g/mol. The zero-order valence-corrected chi connectivity index (χ0v) is 9.63. The minimum Gasteiger partial charge on any atom is -0.313 e. The molecule has 0 fully saturated rings. The van der Waals surface area contributed by atoms with Crippen molar-refractivity contribution >= 4 is 23.4 Å². The van der Waals surface area contributed by atoms with Gasteiger partial charge in [0.1, 0.15) is 0 Å². The highest BCUT2D eigenvalue weighted by Crippen LogP contribution is 2.07. The van der Waals surface area contributed by atoms with Gasteiger partial charge in [0.15, 0.2) is 0 Å². The summed E-state index contributed by atoms with van der Waals surface area (Å²) in [5, 5.41) is 4.08. The molecule has 1 N–H and O–H groups in total. The van der Waals surface area contributed by atoms with Crippen molar-refractivity contribution < 1.29 is 0 Å². The third-order valence-electron chi connectivity index (χ3n) is 1.72. The second-order valence-electron chi connectivity index (χ2n) is 2.97. The Morgan fingerprint density at radius 2 is 2.33 bits per heavy atom. The van der Waals surface area contributed by atoms with Crippen molar-refractivity contribution in [2.45, 2.75) is 25.5 Å². The Bertz CT molecular complexity index is 136. The van der Waals surface area contributed by atoms with Crippen LogP contribution < -0.4 is 5.32 Å². The largest absolute Gasteiger partial charge is 0.313 e. The molecule has 0 aliphatic heterocycles. The fourth-order valence-electron chi connectivity index (χ4n) is 0.747. The Labute approximate surface area is 84.9 Å². The van der Waals surface area contributed by atoms with Gasteiger partial charge in [0.05, 0.1) is 0 Å². The van der Waals surface area contributed by atoms with Crippen LogP contribution in [-0.4, -0.2) is 24.6 Å². The maximum Gasteiger partial charge on any atom is 0.0173 e. The lowest BCUT2D eigenvalue weighted by molar-refractivity contribution is 0.679. The van der Waals surface area contributed by atoms with Gasteiger partial charge in [-0.25, -0.2) is 0 Å². The first kappa shape index (κ1) is 12.3. The lowest BCUT2D eigenvalue weighted by atomic mass is 10.3. The molecule has 0 aromatic carbocycles. The number of halogens is 1. The molecule has 3 heteroatoms. The summed E-state index contributed by atoms with van der Waals surface area (Å²) in [6, 6.07) is 0. The summed E-state index contributed by atoms with van der Waals surface area (Å²) in [5.41, 5.74) is 2.82. The summed E-state index contributed by atoms with van der Waals surface area (Å²) < 4.78 is 0. The zero-order valence-electron chi connectivity index (χ0n) is 8.06. The Hall–Kier alpha value is 0.340. The van der Waals surface area contributed by atoms with Gasteiger partial charge in [-0.1, -0.05) is 18.5 Å². The molecule has 0 aliphatic carbocycles. The van der Waals surface area contributed by atoms with E-state index in [-0.39, 0.29) is 0 Å². The standard InChI is InChI=1S/C9H18ClNS/c1-8(6-10)7-11-5-4-9(2)12-3/h6,9,11H,4-5,7H2,1-3H3. The van der Waals surface area contributed by atoms with Crippen molar-refractivity contribution in [3.63, 3.8) is 0 Å². The highest BCUT2D eigenvalue weighted by atomic mass is 35.5. The Balaban J connectivity index is 3.21. The van der Waals surface area contributed by atoms with E-state index in [1.807, 2.05) is 18.7 Å². The van der Waals surface area contributed by atoms with Crippen LogP contribution in [-0.2, 0) is 0 Å². The maximum absolute atomic E-state index is 5.51. The van der Waals surface area contributed by atoms with Crippen LogP contribution in [0.5, 0.6) is 0 Å². The first-order valence-corrected chi connectivity index (χ1v) is 5.92. The van der Waals surface area contributed by atoms with Crippen LogP contribution in [0.15, 0.2) is 11.1 Å². The number of hydrogen-bond acceptors (Lipinski definition) is 2. The molecule has 0 spiro atoms. The fourth-order valence-corrected chi connectivity index (χ4v) is 1.18. The van der Waals surface area contributed by atoms with E-state index in [1.54, 1.807) is 5.54 Å². The van der Waals surface area contributed by atoms with Crippen molar-refractivity contribution in [2.24, 2.45) is 0 Å². The third kappa shape index (κ3) is 7.01. The van der Waals surface area contributed by atoms with E-state index in [0.29, 0.717) is 0 Å². The molecule has 0 aromatic heterocycles. The average Bonchev–Trinajstić information content (AvgIpc) is 2.11. The second kappa shape index (κ2) is 7.96. The van der Waals surface area contributed by atoms with Gasteiger partial charge >= 0.3 is 0 Å². The summed E-state index contributed by atoms with van der Waals surface area (Å²) in [6.07, 6.45) is 3.37. The molecule has 0 saturated heterocycles. The topological polar surface area (TPSA) is 12.0 Å². The fraction of sp³-hybridized carbons (Fsp3) is 0.778. The van der Waals surface area contributed by atoms with Gasteiger partial charge in [0.2, 0.25) is 0 Å². The molecule has 0 aliphatic rings. The zero-order chi connectivity index (χ0) is 9.40. The molecule has 1 atom stereocenters. The number of rotatable bonds is 6. The summed E-state index contributed by atoms with van der Waals surface area (Å²) in [7, 11) is 0. The molecule has 0 radical (unpaired) electrons. The van der Waals surface area contributed by atoms with Crippen LogP contribution in [0.25, 0.3) is 0 Å². The molecule has 72 valence electrons. The van der Waals surface area contributed by atoms with Crippen LogP contribution in [0, 0.1) is 0 Å². The molecule has 0 bridgehead atoms. The van der Waals surface area contributed by atoms with Gasteiger partial charge in [-0.2, -0.15) is 11.8 Å². The molecule has 0 heterocycles. The molecule has 0 aromatic rings. The third-order valence-corrected chi connectivity index (χ3v) is 3.13. The van der Waals surface area contributed by atoms with Gasteiger partial charge in [0, 0.05) is 17.3 Å². The van der Waals surface area contributed by atoms with E-state index in [4.69, 9.17) is 11.6 Å². The van der Waals surface area contributed by atoms with Crippen LogP contribution in [0.4, 0.5) is 0 Å². The van der Waals surface area contributed by atoms with Gasteiger partial charge in [-0.3, -0.25) is 0 Å². The summed E-state index contributed by atoms with van der Waals surface area (Å²) in [4.78, 5) is 0. The smallest absolute Gasteiger partial charge is 0.0173 e. The predicted octanol–water partition coefficient (Wildman–Crippen LogP) is 2.86. The van der Waals surface area contributed by atoms with Crippen LogP contribution in [0.2, 0.25) is 0 Å². The van der Waals surface area contributed by atoms with Crippen LogP contribution in [0.3, 0.4) is 0 Å². The molecule has 12 heavy (non-hydrogen) atoms. The highest BCUT2D eigenvalue weighted by Gasteiger charge is 1.97. The second-order valence-corrected chi connectivity index (χ2v) is 4.46. The average molecular weight is 208 g/mol. The van der Waals surface area contributed by atoms with Gasteiger partial charge in [-0.15, -0.1) is 0 Å². The minimum atomic E-state index is 0.748. The van der Waals surface area contributed by atoms with Gasteiger partial charge in [0.25, 0.3) is 0 Å². The maximum atomic E-state index is 5.51. The first-order chi connectivity index (χ1) is 5.70. The van der Waals surface area contributed by atoms with E-state index < -0.39 is 0 Å². The number of thioether (sulfide) groups is 1. The SMILES string of the molecule is CSC(C)CCNCC(C)=CCl. The summed E-state index contributed by atoms with van der Waals surface area (Å²) in [6.45, 7) is 6.25. The molecule has 1 unspecified atom stereocenters. The van der Waals surface area contributed by atoms with Crippen molar-refractivity contribution in [3.8, 4) is 0 Å². The molecule has 1 nitrogen and oxygen atoms in total. The molecular formula is C9H18ClNS. The Kier molecular flexibility index (Phi) is 8.19. The predicted molar refractivity (Wildman–Crippen MR) is 60.1 cm³/mol. The molecule has 0 rings (SSSR count). The van der Waals surface area contributed by atoms with E-state index in [2.05, 4.69) is 18.5 Å². The summed E-state index contributed by atoms with van der Waals surface area (Å²) in [5.74, 6) is 0. The van der Waals surface area contributed by atoms with Crippen molar-refractivity contribution in [3.05, 3.63) is 11.1 Å². The number of hydrogen-bond donors (Lipinski definition) is 1. The monoisotopic (exact) mass is 207 g/mol. The highest BCUT2D eigenvalue weighted by molar-refractivity contribution is 7.99. The van der Waals surface area contributed by atoms with E-state index in [1.165, 1.54) is 12.0 Å². The lowest BCUT2D eigenvalue weighted by Crippen LogP contribution is -2.19. The van der Waals surface area contributed by atoms with Crippen molar-refractivity contribution in [1.82, 2.24) is 5.32 Å². The summed E-state index contributed by atoms with van der Waals surface area (Å²) >= 11 is 7.42. The first-order valence-electron chi connectivity index (χ1n) is 4.20. The van der Waals surface area contributed by atoms with Crippen molar-refractivity contribution in [2.75, 3.05) is 19.3 Å². The normalized spacial score (nSPS) is 14.8. The molecule has 0 amide bonds. The van der Waals surface area contributed by atoms with Gasteiger partial charge in [-0.05, 0) is 31.7 Å². The quantitative estimate of drug-likeness (QED) is 0.673. The Morgan fingerprint density at radius 1 is 1.67 bits per heavy atom. The molecule has 0 saturated carbocycles.